The minimum atomic E-state index is -0.201. The van der Waals surface area contributed by atoms with Crippen LogP contribution in [0.2, 0.25) is 5.02 Å². The zero-order chi connectivity index (χ0) is 19.3. The van der Waals surface area contributed by atoms with Gasteiger partial charge in [-0.2, -0.15) is 0 Å². The SMILES string of the molecule is O=C(COc1cccc2ccc(N3CCCC3)nc12)NCc1ccccc1Cl. The molecular weight excluding hydrogens is 374 g/mol. The Kier molecular flexibility index (Phi) is 5.63. The molecule has 0 saturated carbocycles. The quantitative estimate of drug-likeness (QED) is 0.680. The largest absolute Gasteiger partial charge is 0.481 e. The maximum atomic E-state index is 12.2. The van der Waals surface area contributed by atoms with Gasteiger partial charge in [0.05, 0.1) is 0 Å². The molecule has 1 aromatic heterocycles. The van der Waals surface area contributed by atoms with Gasteiger partial charge in [0, 0.05) is 30.0 Å². The van der Waals surface area contributed by atoms with Crippen LogP contribution in [0.25, 0.3) is 10.9 Å². The lowest BCUT2D eigenvalue weighted by Crippen LogP contribution is -2.28. The number of para-hydroxylation sites is 1. The first-order valence-corrected chi connectivity index (χ1v) is 9.86. The van der Waals surface area contributed by atoms with E-state index in [1.165, 1.54) is 12.8 Å². The Balaban J connectivity index is 1.43. The van der Waals surface area contributed by atoms with Crippen molar-refractivity contribution in [1.29, 1.82) is 0 Å². The van der Waals surface area contributed by atoms with Crippen LogP contribution in [0.3, 0.4) is 0 Å². The number of anilines is 1. The van der Waals surface area contributed by atoms with E-state index in [0.29, 0.717) is 17.3 Å². The summed E-state index contributed by atoms with van der Waals surface area (Å²) in [5, 5.41) is 4.47. The molecule has 2 heterocycles. The van der Waals surface area contributed by atoms with Gasteiger partial charge in [-0.15, -0.1) is 0 Å². The highest BCUT2D eigenvalue weighted by Crippen LogP contribution is 2.27. The van der Waals surface area contributed by atoms with E-state index in [1.54, 1.807) is 6.07 Å². The molecule has 1 amide bonds. The number of amides is 1. The summed E-state index contributed by atoms with van der Waals surface area (Å²) < 4.78 is 5.79. The number of aromatic nitrogens is 1. The Morgan fingerprint density at radius 3 is 2.71 bits per heavy atom. The van der Waals surface area contributed by atoms with Gasteiger partial charge in [0.2, 0.25) is 0 Å². The van der Waals surface area contributed by atoms with Gasteiger partial charge in [-0.3, -0.25) is 4.79 Å². The molecule has 28 heavy (non-hydrogen) atoms. The van der Waals surface area contributed by atoms with Gasteiger partial charge < -0.3 is 15.0 Å². The molecule has 1 saturated heterocycles. The smallest absolute Gasteiger partial charge is 0.258 e. The van der Waals surface area contributed by atoms with Gasteiger partial charge in [-0.1, -0.05) is 41.9 Å². The number of fused-ring (bicyclic) bond motifs is 1. The van der Waals surface area contributed by atoms with Crippen molar-refractivity contribution < 1.29 is 9.53 Å². The van der Waals surface area contributed by atoms with Gasteiger partial charge in [0.25, 0.3) is 5.91 Å². The zero-order valence-corrected chi connectivity index (χ0v) is 16.3. The third kappa shape index (κ3) is 4.20. The van der Waals surface area contributed by atoms with Crippen molar-refractivity contribution in [3.05, 3.63) is 65.2 Å². The highest BCUT2D eigenvalue weighted by atomic mass is 35.5. The van der Waals surface area contributed by atoms with Crippen LogP contribution in [-0.2, 0) is 11.3 Å². The van der Waals surface area contributed by atoms with Crippen molar-refractivity contribution in [2.45, 2.75) is 19.4 Å². The summed E-state index contributed by atoms with van der Waals surface area (Å²) in [6, 6.07) is 17.3. The van der Waals surface area contributed by atoms with Gasteiger partial charge in [-0.25, -0.2) is 4.98 Å². The first-order chi connectivity index (χ1) is 13.7. The number of carbonyl (C=O) groups excluding carboxylic acids is 1. The Hall–Kier alpha value is -2.79. The van der Waals surface area contributed by atoms with Crippen LogP contribution in [0.1, 0.15) is 18.4 Å². The number of carbonyl (C=O) groups is 1. The number of hydrogen-bond acceptors (Lipinski definition) is 4. The monoisotopic (exact) mass is 395 g/mol. The standard InChI is InChI=1S/C22H22ClN3O2/c23-18-8-2-1-6-17(18)14-24-21(27)15-28-19-9-5-7-16-10-11-20(25-22(16)19)26-12-3-4-13-26/h1-2,5-11H,3-4,12-15H2,(H,24,27). The lowest BCUT2D eigenvalue weighted by atomic mass is 10.2. The lowest BCUT2D eigenvalue weighted by molar-refractivity contribution is -0.123. The molecule has 0 unspecified atom stereocenters. The minimum absolute atomic E-state index is 0.0703. The van der Waals surface area contributed by atoms with E-state index in [-0.39, 0.29) is 12.5 Å². The third-order valence-electron chi connectivity index (χ3n) is 4.89. The molecule has 3 aromatic rings. The summed E-state index contributed by atoms with van der Waals surface area (Å²) in [4.78, 5) is 19.3. The molecule has 0 bridgehead atoms. The van der Waals surface area contributed by atoms with E-state index in [1.807, 2.05) is 42.5 Å². The Morgan fingerprint density at radius 2 is 1.89 bits per heavy atom. The van der Waals surface area contributed by atoms with E-state index in [2.05, 4.69) is 16.3 Å². The maximum absolute atomic E-state index is 12.2. The van der Waals surface area contributed by atoms with Crippen molar-refractivity contribution >= 4 is 34.2 Å². The van der Waals surface area contributed by atoms with Crippen molar-refractivity contribution in [3.63, 3.8) is 0 Å². The maximum Gasteiger partial charge on any atom is 0.258 e. The average molecular weight is 396 g/mol. The fourth-order valence-electron chi connectivity index (χ4n) is 3.38. The molecule has 144 valence electrons. The van der Waals surface area contributed by atoms with E-state index in [0.717, 1.165) is 35.4 Å². The molecule has 4 rings (SSSR count). The first kappa shape index (κ1) is 18.6. The molecule has 5 nitrogen and oxygen atoms in total. The lowest BCUT2D eigenvalue weighted by Gasteiger charge is -2.17. The van der Waals surface area contributed by atoms with E-state index in [4.69, 9.17) is 21.3 Å². The molecule has 0 radical (unpaired) electrons. The number of ether oxygens (including phenoxy) is 1. The predicted molar refractivity (Wildman–Crippen MR) is 112 cm³/mol. The molecule has 1 N–H and O–H groups in total. The summed E-state index contributed by atoms with van der Waals surface area (Å²) in [7, 11) is 0. The Bertz CT molecular complexity index is 986. The Morgan fingerprint density at radius 1 is 1.07 bits per heavy atom. The number of halogens is 1. The third-order valence-corrected chi connectivity index (χ3v) is 5.26. The van der Waals surface area contributed by atoms with E-state index < -0.39 is 0 Å². The molecule has 1 fully saturated rings. The zero-order valence-electron chi connectivity index (χ0n) is 15.5. The Labute approximate surface area is 169 Å². The summed E-state index contributed by atoms with van der Waals surface area (Å²) in [5.41, 5.74) is 1.66. The van der Waals surface area contributed by atoms with Crippen LogP contribution in [0.5, 0.6) is 5.75 Å². The van der Waals surface area contributed by atoms with Crippen LogP contribution in [0.4, 0.5) is 5.82 Å². The fraction of sp³-hybridized carbons (Fsp3) is 0.273. The van der Waals surface area contributed by atoms with E-state index in [9.17, 15) is 4.79 Å². The predicted octanol–water partition coefficient (Wildman–Crippen LogP) is 4.18. The van der Waals surface area contributed by atoms with Crippen LogP contribution in [0, 0.1) is 0 Å². The topological polar surface area (TPSA) is 54.5 Å². The van der Waals surface area contributed by atoms with Crippen LogP contribution >= 0.6 is 11.6 Å². The van der Waals surface area contributed by atoms with Crippen molar-refractivity contribution in [1.82, 2.24) is 10.3 Å². The van der Waals surface area contributed by atoms with Gasteiger partial charge in [-0.05, 0) is 42.7 Å². The molecule has 2 aromatic carbocycles. The second-order valence-electron chi connectivity index (χ2n) is 6.85. The number of pyridine rings is 1. The number of hydrogen-bond donors (Lipinski definition) is 1. The summed E-state index contributed by atoms with van der Waals surface area (Å²) >= 11 is 6.12. The summed E-state index contributed by atoms with van der Waals surface area (Å²) in [6.07, 6.45) is 2.40. The normalized spacial score (nSPS) is 13.7. The van der Waals surface area contributed by atoms with E-state index >= 15 is 0 Å². The molecular formula is C22H22ClN3O2. The molecule has 6 heteroatoms. The second-order valence-corrected chi connectivity index (χ2v) is 7.26. The molecule has 0 atom stereocenters. The van der Waals surface area contributed by atoms with Gasteiger partial charge in [0.1, 0.15) is 17.1 Å². The minimum Gasteiger partial charge on any atom is -0.481 e. The second kappa shape index (κ2) is 8.48. The molecule has 1 aliphatic heterocycles. The highest BCUT2D eigenvalue weighted by molar-refractivity contribution is 6.31. The fourth-order valence-corrected chi connectivity index (χ4v) is 3.58. The van der Waals surface area contributed by atoms with Crippen LogP contribution in [-0.4, -0.2) is 30.6 Å². The van der Waals surface area contributed by atoms with Crippen LogP contribution < -0.4 is 15.0 Å². The van der Waals surface area contributed by atoms with Gasteiger partial charge in [0.15, 0.2) is 6.61 Å². The highest BCUT2D eigenvalue weighted by Gasteiger charge is 2.15. The van der Waals surface area contributed by atoms with Crippen molar-refractivity contribution in [2.24, 2.45) is 0 Å². The molecule has 0 aliphatic carbocycles. The number of nitrogens with zero attached hydrogens (tertiary/aromatic N) is 2. The summed E-state index contributed by atoms with van der Waals surface area (Å²) in [5.74, 6) is 1.38. The number of benzene rings is 2. The first-order valence-electron chi connectivity index (χ1n) is 9.48. The van der Waals surface area contributed by atoms with Gasteiger partial charge >= 0.3 is 0 Å². The van der Waals surface area contributed by atoms with Crippen molar-refractivity contribution in [2.75, 3.05) is 24.6 Å². The molecule has 0 spiro atoms. The van der Waals surface area contributed by atoms with Crippen LogP contribution in [0.15, 0.2) is 54.6 Å². The molecule has 1 aliphatic rings. The number of rotatable bonds is 6. The van der Waals surface area contributed by atoms with Crippen molar-refractivity contribution in [3.8, 4) is 5.75 Å². The number of nitrogens with one attached hydrogen (secondary N) is 1. The average Bonchev–Trinajstić information content (AvgIpc) is 3.26. The summed E-state index contributed by atoms with van der Waals surface area (Å²) in [6.45, 7) is 2.37.